The number of aryl methyl sites for hydroxylation is 1. The average Bonchev–Trinajstić information content (AvgIpc) is 2.83. The molecule has 0 atom stereocenters. The molecule has 19 heavy (non-hydrogen) atoms. The summed E-state index contributed by atoms with van der Waals surface area (Å²) in [5.41, 5.74) is 1.68. The van der Waals surface area contributed by atoms with Crippen molar-refractivity contribution in [2.24, 2.45) is 7.05 Å². The second-order valence-electron chi connectivity index (χ2n) is 5.27. The molecule has 0 saturated heterocycles. The van der Waals surface area contributed by atoms with E-state index in [0.717, 1.165) is 0 Å². The van der Waals surface area contributed by atoms with Gasteiger partial charge in [0, 0.05) is 25.2 Å². The number of aromatic nitrogens is 2. The monoisotopic (exact) mass is 257 g/mol. The molecule has 0 bridgehead atoms. The molecule has 1 aromatic heterocycles. The first-order chi connectivity index (χ1) is 9.00. The van der Waals surface area contributed by atoms with Crippen LogP contribution in [0.3, 0.4) is 0 Å². The highest BCUT2D eigenvalue weighted by Crippen LogP contribution is 2.21. The predicted octanol–water partition coefficient (Wildman–Crippen LogP) is 2.13. The minimum Gasteiger partial charge on any atom is -0.350 e. The fourth-order valence-corrected chi connectivity index (χ4v) is 1.98. The van der Waals surface area contributed by atoms with Gasteiger partial charge in [-0.1, -0.05) is 44.2 Å². The van der Waals surface area contributed by atoms with E-state index in [2.05, 4.69) is 36.4 Å². The van der Waals surface area contributed by atoms with Crippen molar-refractivity contribution in [2.75, 3.05) is 6.54 Å². The first-order valence-corrected chi connectivity index (χ1v) is 6.32. The minimum atomic E-state index is -0.102. The van der Waals surface area contributed by atoms with Crippen LogP contribution in [0.4, 0.5) is 0 Å². The standard InChI is InChI=1S/C15H19N3O/c1-15(2,12-7-5-4-6-8-12)11-16-14(19)13-9-10-17-18(13)3/h4-10H,11H2,1-3H3,(H,16,19). The second kappa shape index (κ2) is 5.26. The molecule has 1 heterocycles. The molecule has 0 radical (unpaired) electrons. The average molecular weight is 257 g/mol. The number of hydrogen-bond donors (Lipinski definition) is 1. The Morgan fingerprint density at radius 3 is 2.53 bits per heavy atom. The number of nitrogens with one attached hydrogen (secondary N) is 1. The second-order valence-corrected chi connectivity index (χ2v) is 5.27. The summed E-state index contributed by atoms with van der Waals surface area (Å²) in [5, 5.41) is 6.96. The Bertz CT molecular complexity index is 558. The largest absolute Gasteiger partial charge is 0.350 e. The van der Waals surface area contributed by atoms with Gasteiger partial charge in [-0.3, -0.25) is 9.48 Å². The third-order valence-corrected chi connectivity index (χ3v) is 3.30. The van der Waals surface area contributed by atoms with Crippen molar-refractivity contribution in [3.05, 3.63) is 53.9 Å². The van der Waals surface area contributed by atoms with Gasteiger partial charge in [-0.15, -0.1) is 0 Å². The molecular weight excluding hydrogens is 238 g/mol. The molecule has 2 aromatic rings. The van der Waals surface area contributed by atoms with Gasteiger partial charge < -0.3 is 5.32 Å². The topological polar surface area (TPSA) is 46.9 Å². The summed E-state index contributed by atoms with van der Waals surface area (Å²) in [7, 11) is 1.76. The molecule has 4 heteroatoms. The Kier molecular flexibility index (Phi) is 3.69. The molecule has 0 spiro atoms. The normalized spacial score (nSPS) is 11.3. The van der Waals surface area contributed by atoms with Crippen LogP contribution in [-0.4, -0.2) is 22.2 Å². The smallest absolute Gasteiger partial charge is 0.269 e. The zero-order valence-electron chi connectivity index (χ0n) is 11.6. The molecule has 0 aliphatic heterocycles. The van der Waals surface area contributed by atoms with Gasteiger partial charge >= 0.3 is 0 Å². The van der Waals surface area contributed by atoms with Gasteiger partial charge in [0.2, 0.25) is 0 Å². The van der Waals surface area contributed by atoms with Gasteiger partial charge in [0.1, 0.15) is 5.69 Å². The van der Waals surface area contributed by atoms with Gasteiger partial charge in [-0.2, -0.15) is 5.10 Å². The summed E-state index contributed by atoms with van der Waals surface area (Å²) in [4.78, 5) is 12.0. The predicted molar refractivity (Wildman–Crippen MR) is 75.0 cm³/mol. The van der Waals surface area contributed by atoms with Crippen molar-refractivity contribution in [1.29, 1.82) is 0 Å². The van der Waals surface area contributed by atoms with Crippen LogP contribution in [0.25, 0.3) is 0 Å². The zero-order chi connectivity index (χ0) is 13.9. The maximum atomic E-state index is 12.0. The molecular formula is C15H19N3O. The summed E-state index contributed by atoms with van der Waals surface area (Å²) in [6, 6.07) is 11.9. The van der Waals surface area contributed by atoms with Crippen molar-refractivity contribution in [1.82, 2.24) is 15.1 Å². The number of carbonyl (C=O) groups excluding carboxylic acids is 1. The fourth-order valence-electron chi connectivity index (χ4n) is 1.98. The first kappa shape index (κ1) is 13.3. The van der Waals surface area contributed by atoms with Crippen LogP contribution in [0.1, 0.15) is 29.9 Å². The van der Waals surface area contributed by atoms with E-state index in [0.29, 0.717) is 12.2 Å². The van der Waals surface area contributed by atoms with E-state index in [1.54, 1.807) is 24.0 Å². The number of benzene rings is 1. The Labute approximate surface area is 113 Å². The molecule has 4 nitrogen and oxygen atoms in total. The maximum absolute atomic E-state index is 12.0. The molecule has 100 valence electrons. The third-order valence-electron chi connectivity index (χ3n) is 3.30. The van der Waals surface area contributed by atoms with Crippen molar-refractivity contribution < 1.29 is 4.79 Å². The summed E-state index contributed by atoms with van der Waals surface area (Å²) in [6.07, 6.45) is 1.62. The Balaban J connectivity index is 2.03. The molecule has 1 amide bonds. The van der Waals surface area contributed by atoms with Crippen LogP contribution in [-0.2, 0) is 12.5 Å². The first-order valence-electron chi connectivity index (χ1n) is 6.32. The van der Waals surface area contributed by atoms with E-state index >= 15 is 0 Å². The Morgan fingerprint density at radius 2 is 1.95 bits per heavy atom. The van der Waals surface area contributed by atoms with Gasteiger partial charge in [0.15, 0.2) is 0 Å². The molecule has 0 unspecified atom stereocenters. The summed E-state index contributed by atoms with van der Waals surface area (Å²) < 4.78 is 1.57. The summed E-state index contributed by atoms with van der Waals surface area (Å²) in [6.45, 7) is 4.82. The van der Waals surface area contributed by atoms with E-state index in [-0.39, 0.29) is 11.3 Å². The van der Waals surface area contributed by atoms with E-state index < -0.39 is 0 Å². The third kappa shape index (κ3) is 3.02. The minimum absolute atomic E-state index is 0.0935. The molecule has 1 aromatic carbocycles. The maximum Gasteiger partial charge on any atom is 0.269 e. The molecule has 2 rings (SSSR count). The van der Waals surface area contributed by atoms with Crippen molar-refractivity contribution in [3.8, 4) is 0 Å². The molecule has 1 N–H and O–H groups in total. The number of rotatable bonds is 4. The molecule has 0 fully saturated rings. The van der Waals surface area contributed by atoms with Gasteiger partial charge in [-0.25, -0.2) is 0 Å². The van der Waals surface area contributed by atoms with Crippen molar-refractivity contribution in [3.63, 3.8) is 0 Å². The number of carbonyl (C=O) groups is 1. The Hall–Kier alpha value is -2.10. The SMILES string of the molecule is Cn1nccc1C(=O)NCC(C)(C)c1ccccc1. The summed E-state index contributed by atoms with van der Waals surface area (Å²) >= 11 is 0. The molecule has 0 aliphatic rings. The zero-order valence-corrected chi connectivity index (χ0v) is 11.6. The summed E-state index contributed by atoms with van der Waals surface area (Å²) in [5.74, 6) is -0.0935. The fraction of sp³-hybridized carbons (Fsp3) is 0.333. The van der Waals surface area contributed by atoms with E-state index in [1.165, 1.54) is 5.56 Å². The molecule has 0 aliphatic carbocycles. The van der Waals surface area contributed by atoms with Crippen LogP contribution in [0.15, 0.2) is 42.6 Å². The number of hydrogen-bond acceptors (Lipinski definition) is 2. The molecule has 0 saturated carbocycles. The van der Waals surface area contributed by atoms with E-state index in [9.17, 15) is 4.79 Å². The highest BCUT2D eigenvalue weighted by molar-refractivity contribution is 5.92. The lowest BCUT2D eigenvalue weighted by Crippen LogP contribution is -2.37. The lowest BCUT2D eigenvalue weighted by atomic mass is 9.84. The highest BCUT2D eigenvalue weighted by atomic mass is 16.2. The van der Waals surface area contributed by atoms with Crippen LogP contribution in [0.5, 0.6) is 0 Å². The Morgan fingerprint density at radius 1 is 1.26 bits per heavy atom. The van der Waals surface area contributed by atoms with Crippen LogP contribution < -0.4 is 5.32 Å². The quantitative estimate of drug-likeness (QED) is 0.912. The van der Waals surface area contributed by atoms with Gasteiger partial charge in [0.25, 0.3) is 5.91 Å². The lowest BCUT2D eigenvalue weighted by Gasteiger charge is -2.25. The number of nitrogens with zero attached hydrogens (tertiary/aromatic N) is 2. The van der Waals surface area contributed by atoms with E-state index in [4.69, 9.17) is 0 Å². The van der Waals surface area contributed by atoms with Crippen molar-refractivity contribution >= 4 is 5.91 Å². The van der Waals surface area contributed by atoms with E-state index in [1.807, 2.05) is 18.2 Å². The highest BCUT2D eigenvalue weighted by Gasteiger charge is 2.21. The van der Waals surface area contributed by atoms with Crippen LogP contribution in [0, 0.1) is 0 Å². The lowest BCUT2D eigenvalue weighted by molar-refractivity contribution is 0.0936. The van der Waals surface area contributed by atoms with Crippen LogP contribution in [0.2, 0.25) is 0 Å². The van der Waals surface area contributed by atoms with Gasteiger partial charge in [0.05, 0.1) is 0 Å². The van der Waals surface area contributed by atoms with Crippen molar-refractivity contribution in [2.45, 2.75) is 19.3 Å². The van der Waals surface area contributed by atoms with Crippen LogP contribution >= 0.6 is 0 Å². The number of amides is 1. The van der Waals surface area contributed by atoms with Gasteiger partial charge in [-0.05, 0) is 11.6 Å².